The zero-order chi connectivity index (χ0) is 15.2. The maximum absolute atomic E-state index is 11.7. The number of hydrogen-bond donors (Lipinski definition) is 2. The molecular formula is C15H15NO4S. The molecule has 0 radical (unpaired) electrons. The molecule has 0 aliphatic rings. The molecule has 1 amide bonds. The third-order valence-corrected chi connectivity index (χ3v) is 4.07. The lowest BCUT2D eigenvalue weighted by atomic mass is 10.2. The van der Waals surface area contributed by atoms with Gasteiger partial charge in [0, 0.05) is 4.88 Å². The average molecular weight is 305 g/mol. The van der Waals surface area contributed by atoms with Crippen molar-refractivity contribution in [3.63, 3.8) is 0 Å². The van der Waals surface area contributed by atoms with Crippen LogP contribution in [0.2, 0.25) is 0 Å². The average Bonchev–Trinajstić information content (AvgIpc) is 2.96. The fourth-order valence-corrected chi connectivity index (χ4v) is 2.56. The zero-order valence-corrected chi connectivity index (χ0v) is 12.2. The monoisotopic (exact) mass is 305 g/mol. The second kappa shape index (κ2) is 6.90. The summed E-state index contributed by atoms with van der Waals surface area (Å²) in [6, 6.07) is 12.3. The Labute approximate surface area is 126 Å². The number of hydrogen-bond acceptors (Lipinski definition) is 4. The van der Waals surface area contributed by atoms with Crippen molar-refractivity contribution in [1.29, 1.82) is 0 Å². The molecule has 110 valence electrons. The van der Waals surface area contributed by atoms with E-state index in [1.54, 1.807) is 13.0 Å². The van der Waals surface area contributed by atoms with Crippen LogP contribution in [0.15, 0.2) is 42.5 Å². The quantitative estimate of drug-likeness (QED) is 0.887. The van der Waals surface area contributed by atoms with Crippen LogP contribution in [0.4, 0.5) is 4.79 Å². The van der Waals surface area contributed by atoms with E-state index in [1.165, 1.54) is 6.07 Å². The van der Waals surface area contributed by atoms with Gasteiger partial charge < -0.3 is 15.2 Å². The smallest absolute Gasteiger partial charge is 0.407 e. The largest absolute Gasteiger partial charge is 0.477 e. The highest BCUT2D eigenvalue weighted by Gasteiger charge is 2.15. The minimum Gasteiger partial charge on any atom is -0.477 e. The molecule has 5 nitrogen and oxygen atoms in total. The van der Waals surface area contributed by atoms with Gasteiger partial charge in [0.1, 0.15) is 11.5 Å². The van der Waals surface area contributed by atoms with Crippen LogP contribution in [0.1, 0.15) is 33.1 Å². The Morgan fingerprint density at radius 3 is 2.57 bits per heavy atom. The summed E-state index contributed by atoms with van der Waals surface area (Å²) in [6.45, 7) is 1.98. The van der Waals surface area contributed by atoms with Crippen LogP contribution in [0.25, 0.3) is 0 Å². The van der Waals surface area contributed by atoms with E-state index in [0.717, 1.165) is 21.8 Å². The normalized spacial score (nSPS) is 11.7. The molecule has 1 aromatic heterocycles. The number of carbonyl (C=O) groups is 2. The number of amides is 1. The maximum atomic E-state index is 11.7. The highest BCUT2D eigenvalue weighted by molar-refractivity contribution is 7.14. The van der Waals surface area contributed by atoms with Crippen molar-refractivity contribution in [1.82, 2.24) is 5.32 Å². The summed E-state index contributed by atoms with van der Waals surface area (Å²) < 4.78 is 5.11. The molecule has 0 aliphatic carbocycles. The van der Waals surface area contributed by atoms with E-state index in [0.29, 0.717) is 0 Å². The van der Waals surface area contributed by atoms with E-state index in [1.807, 2.05) is 30.3 Å². The molecule has 0 bridgehead atoms. The van der Waals surface area contributed by atoms with Crippen LogP contribution in [0, 0.1) is 0 Å². The van der Waals surface area contributed by atoms with Crippen LogP contribution in [-0.4, -0.2) is 17.2 Å². The van der Waals surface area contributed by atoms with Gasteiger partial charge in [0.15, 0.2) is 0 Å². The number of thiophene rings is 1. The Morgan fingerprint density at radius 1 is 1.24 bits per heavy atom. The molecule has 21 heavy (non-hydrogen) atoms. The number of ether oxygens (including phenoxy) is 1. The van der Waals surface area contributed by atoms with Gasteiger partial charge in [-0.1, -0.05) is 30.3 Å². The zero-order valence-electron chi connectivity index (χ0n) is 11.4. The molecule has 0 aliphatic heterocycles. The number of alkyl carbamates (subject to hydrolysis) is 1. The molecule has 1 unspecified atom stereocenters. The molecule has 2 N–H and O–H groups in total. The number of benzene rings is 1. The van der Waals surface area contributed by atoms with Crippen molar-refractivity contribution in [2.24, 2.45) is 0 Å². The molecule has 0 spiro atoms. The van der Waals surface area contributed by atoms with Gasteiger partial charge in [0.05, 0.1) is 6.04 Å². The maximum Gasteiger partial charge on any atom is 0.407 e. The SMILES string of the molecule is CC(NC(=O)OCc1ccccc1)c1ccc(C(=O)O)s1. The summed E-state index contributed by atoms with van der Waals surface area (Å²) in [5.74, 6) is -0.967. The lowest BCUT2D eigenvalue weighted by Gasteiger charge is -2.12. The first kappa shape index (κ1) is 15.1. The summed E-state index contributed by atoms with van der Waals surface area (Å²) in [5.41, 5.74) is 0.907. The van der Waals surface area contributed by atoms with Gasteiger partial charge in [0.2, 0.25) is 0 Å². The number of carboxylic acids is 1. The number of nitrogens with one attached hydrogen (secondary N) is 1. The first-order valence-corrected chi connectivity index (χ1v) is 7.18. The van der Waals surface area contributed by atoms with Gasteiger partial charge in [-0.15, -0.1) is 11.3 Å². The van der Waals surface area contributed by atoms with Crippen molar-refractivity contribution >= 4 is 23.4 Å². The third kappa shape index (κ3) is 4.32. The Balaban J connectivity index is 1.85. The summed E-state index contributed by atoms with van der Waals surface area (Å²) in [5, 5.41) is 11.5. The lowest BCUT2D eigenvalue weighted by molar-refractivity contribution is 0.0702. The molecule has 0 saturated carbocycles. The molecule has 1 heterocycles. The van der Waals surface area contributed by atoms with E-state index in [4.69, 9.17) is 9.84 Å². The number of rotatable bonds is 5. The lowest BCUT2D eigenvalue weighted by Crippen LogP contribution is -2.26. The van der Waals surface area contributed by atoms with Gasteiger partial charge in [-0.2, -0.15) is 0 Å². The van der Waals surface area contributed by atoms with Crippen molar-refractivity contribution in [3.05, 3.63) is 57.8 Å². The minimum absolute atomic E-state index is 0.199. The third-order valence-electron chi connectivity index (χ3n) is 2.81. The van der Waals surface area contributed by atoms with E-state index in [9.17, 15) is 9.59 Å². The Morgan fingerprint density at radius 2 is 1.95 bits per heavy atom. The molecule has 1 aromatic carbocycles. The second-order valence-corrected chi connectivity index (χ2v) is 5.55. The first-order valence-electron chi connectivity index (χ1n) is 6.36. The molecule has 1 atom stereocenters. The highest BCUT2D eigenvalue weighted by Crippen LogP contribution is 2.23. The van der Waals surface area contributed by atoms with Crippen LogP contribution in [0.3, 0.4) is 0 Å². The molecule has 0 fully saturated rings. The van der Waals surface area contributed by atoms with Gasteiger partial charge in [-0.3, -0.25) is 0 Å². The van der Waals surface area contributed by atoms with Crippen LogP contribution < -0.4 is 5.32 Å². The second-order valence-electron chi connectivity index (χ2n) is 4.43. The van der Waals surface area contributed by atoms with E-state index in [2.05, 4.69) is 5.32 Å². The predicted octanol–water partition coefficient (Wildman–Crippen LogP) is 3.43. The number of carboxylic acid groups (broad SMARTS) is 1. The number of carbonyl (C=O) groups excluding carboxylic acids is 1. The first-order chi connectivity index (χ1) is 10.1. The summed E-state index contributed by atoms with van der Waals surface area (Å²) in [7, 11) is 0. The summed E-state index contributed by atoms with van der Waals surface area (Å²) in [6.07, 6.45) is -0.531. The van der Waals surface area contributed by atoms with Crippen molar-refractivity contribution in [3.8, 4) is 0 Å². The fraction of sp³-hybridized carbons (Fsp3) is 0.200. The van der Waals surface area contributed by atoms with E-state index < -0.39 is 12.1 Å². The van der Waals surface area contributed by atoms with Crippen molar-refractivity contribution in [2.75, 3.05) is 0 Å². The summed E-state index contributed by atoms with van der Waals surface area (Å²) in [4.78, 5) is 23.5. The highest BCUT2D eigenvalue weighted by atomic mass is 32.1. The van der Waals surface area contributed by atoms with Crippen LogP contribution >= 0.6 is 11.3 Å². The Hall–Kier alpha value is -2.34. The van der Waals surface area contributed by atoms with E-state index in [-0.39, 0.29) is 17.5 Å². The van der Waals surface area contributed by atoms with E-state index >= 15 is 0 Å². The molecular weight excluding hydrogens is 290 g/mol. The molecule has 2 rings (SSSR count). The summed E-state index contributed by atoms with van der Waals surface area (Å²) >= 11 is 1.14. The minimum atomic E-state index is -0.967. The molecule has 0 saturated heterocycles. The number of aromatic carboxylic acids is 1. The topological polar surface area (TPSA) is 75.6 Å². The van der Waals surface area contributed by atoms with Crippen molar-refractivity contribution in [2.45, 2.75) is 19.6 Å². The van der Waals surface area contributed by atoms with Gasteiger partial charge in [-0.05, 0) is 24.6 Å². The molecule has 6 heteroatoms. The van der Waals surface area contributed by atoms with Crippen LogP contribution in [-0.2, 0) is 11.3 Å². The Bertz CT molecular complexity index is 624. The fourth-order valence-electron chi connectivity index (χ4n) is 1.71. The van der Waals surface area contributed by atoms with Gasteiger partial charge in [-0.25, -0.2) is 9.59 Å². The van der Waals surface area contributed by atoms with Gasteiger partial charge in [0.25, 0.3) is 0 Å². The van der Waals surface area contributed by atoms with Crippen molar-refractivity contribution < 1.29 is 19.4 Å². The predicted molar refractivity (Wildman–Crippen MR) is 79.5 cm³/mol. The molecule has 2 aromatic rings. The van der Waals surface area contributed by atoms with Gasteiger partial charge >= 0.3 is 12.1 Å². The Kier molecular flexibility index (Phi) is 4.94. The van der Waals surface area contributed by atoms with Crippen LogP contribution in [0.5, 0.6) is 0 Å². The standard InChI is InChI=1S/C15H15NO4S/c1-10(12-7-8-13(21-12)14(17)18)16-15(19)20-9-11-5-3-2-4-6-11/h2-8,10H,9H2,1H3,(H,16,19)(H,17,18).